The van der Waals surface area contributed by atoms with E-state index >= 15 is 0 Å². The maximum absolute atomic E-state index is 6.08. The van der Waals surface area contributed by atoms with Crippen LogP contribution < -0.4 is 0 Å². The van der Waals surface area contributed by atoms with Gasteiger partial charge in [0.25, 0.3) is 0 Å². The lowest BCUT2D eigenvalue weighted by molar-refractivity contribution is 0.0526. The number of rotatable bonds is 4. The maximum atomic E-state index is 6.08. The van der Waals surface area contributed by atoms with Gasteiger partial charge >= 0.3 is 0 Å². The summed E-state index contributed by atoms with van der Waals surface area (Å²) in [4.78, 5) is 3.93. The van der Waals surface area contributed by atoms with Gasteiger partial charge in [0, 0.05) is 18.0 Å². The van der Waals surface area contributed by atoms with E-state index in [1.165, 1.54) is 0 Å². The Morgan fingerprint density at radius 2 is 1.72 bits per heavy atom. The number of hydrogen-bond donors (Lipinski definition) is 0. The van der Waals surface area contributed by atoms with E-state index in [-0.39, 0.29) is 6.10 Å². The van der Waals surface area contributed by atoms with Gasteiger partial charge < -0.3 is 4.74 Å². The number of aromatic nitrogens is 1. The molecule has 2 aromatic rings. The van der Waals surface area contributed by atoms with Gasteiger partial charge in [0.2, 0.25) is 0 Å². The normalized spacial score (nSPS) is 12.4. The molecule has 0 radical (unpaired) electrons. The number of hydrogen-bond acceptors (Lipinski definition) is 2. The first-order valence-electron chi connectivity index (χ1n) is 5.63. The maximum Gasteiger partial charge on any atom is 0.0831 e. The molecule has 0 bridgehead atoms. The van der Waals surface area contributed by atoms with Crippen LogP contribution in [-0.2, 0) is 11.3 Å². The standard InChI is InChI=1S/C14H13Cl2NO/c1-10(14-12(15)7-17-8-13(14)16)18-9-11-5-3-2-4-6-11/h2-8,10H,9H2,1H3. The minimum absolute atomic E-state index is 0.173. The van der Waals surface area contributed by atoms with E-state index in [0.717, 1.165) is 11.1 Å². The van der Waals surface area contributed by atoms with Gasteiger partial charge in [0.15, 0.2) is 0 Å². The van der Waals surface area contributed by atoms with Crippen molar-refractivity contribution in [2.45, 2.75) is 19.6 Å². The zero-order valence-electron chi connectivity index (χ0n) is 9.94. The van der Waals surface area contributed by atoms with Crippen LogP contribution in [0.15, 0.2) is 42.7 Å². The summed E-state index contributed by atoms with van der Waals surface area (Å²) in [7, 11) is 0. The van der Waals surface area contributed by atoms with Gasteiger partial charge in [-0.1, -0.05) is 53.5 Å². The van der Waals surface area contributed by atoms with E-state index in [1.54, 1.807) is 12.4 Å². The molecule has 0 amide bonds. The first kappa shape index (κ1) is 13.3. The van der Waals surface area contributed by atoms with Crippen LogP contribution >= 0.6 is 23.2 Å². The molecule has 1 aromatic heterocycles. The van der Waals surface area contributed by atoms with E-state index < -0.39 is 0 Å². The Balaban J connectivity index is 2.06. The molecule has 2 nitrogen and oxygen atoms in total. The molecule has 0 aliphatic heterocycles. The summed E-state index contributed by atoms with van der Waals surface area (Å²) in [5, 5.41) is 1.06. The minimum Gasteiger partial charge on any atom is -0.369 e. The molecule has 18 heavy (non-hydrogen) atoms. The molecule has 1 atom stereocenters. The average molecular weight is 282 g/mol. The Kier molecular flexibility index (Phi) is 4.59. The lowest BCUT2D eigenvalue weighted by atomic mass is 10.1. The third-order valence-electron chi connectivity index (χ3n) is 2.64. The lowest BCUT2D eigenvalue weighted by Crippen LogP contribution is -2.02. The van der Waals surface area contributed by atoms with E-state index in [0.29, 0.717) is 16.7 Å². The second-order valence-electron chi connectivity index (χ2n) is 3.96. The van der Waals surface area contributed by atoms with Gasteiger partial charge in [-0.05, 0) is 12.5 Å². The summed E-state index contributed by atoms with van der Waals surface area (Å²) in [6, 6.07) is 9.97. The monoisotopic (exact) mass is 281 g/mol. The second kappa shape index (κ2) is 6.19. The van der Waals surface area contributed by atoms with Gasteiger partial charge in [-0.3, -0.25) is 4.98 Å². The number of benzene rings is 1. The van der Waals surface area contributed by atoms with Crippen LogP contribution in [0.3, 0.4) is 0 Å². The first-order valence-corrected chi connectivity index (χ1v) is 6.38. The molecule has 0 aliphatic carbocycles. The van der Waals surface area contributed by atoms with E-state index in [2.05, 4.69) is 4.98 Å². The zero-order chi connectivity index (χ0) is 13.0. The van der Waals surface area contributed by atoms with Gasteiger partial charge in [-0.15, -0.1) is 0 Å². The smallest absolute Gasteiger partial charge is 0.0831 e. The summed E-state index contributed by atoms with van der Waals surface area (Å²) in [6.07, 6.45) is 2.98. The topological polar surface area (TPSA) is 22.1 Å². The van der Waals surface area contributed by atoms with Crippen LogP contribution in [0.25, 0.3) is 0 Å². The van der Waals surface area contributed by atoms with Crippen molar-refractivity contribution in [3.8, 4) is 0 Å². The van der Waals surface area contributed by atoms with Crippen LogP contribution in [0.1, 0.15) is 24.2 Å². The third kappa shape index (κ3) is 3.22. The molecular weight excluding hydrogens is 269 g/mol. The molecule has 1 heterocycles. The number of nitrogens with zero attached hydrogens (tertiary/aromatic N) is 1. The summed E-state index contributed by atoms with van der Waals surface area (Å²) in [6.45, 7) is 2.45. The predicted molar refractivity (Wildman–Crippen MR) is 73.9 cm³/mol. The SMILES string of the molecule is CC(OCc1ccccc1)c1c(Cl)cncc1Cl. The van der Waals surface area contributed by atoms with Crippen molar-refractivity contribution in [1.82, 2.24) is 4.98 Å². The fourth-order valence-corrected chi connectivity index (χ4v) is 2.36. The molecule has 1 unspecified atom stereocenters. The second-order valence-corrected chi connectivity index (χ2v) is 4.77. The molecule has 0 spiro atoms. The molecule has 1 aromatic carbocycles. The van der Waals surface area contributed by atoms with Crippen LogP contribution in [0.4, 0.5) is 0 Å². The molecule has 4 heteroatoms. The molecule has 94 valence electrons. The number of pyridine rings is 1. The average Bonchev–Trinajstić information content (AvgIpc) is 2.37. The summed E-state index contributed by atoms with van der Waals surface area (Å²) < 4.78 is 5.78. The largest absolute Gasteiger partial charge is 0.369 e. The highest BCUT2D eigenvalue weighted by Crippen LogP contribution is 2.31. The Bertz CT molecular complexity index is 496. The molecular formula is C14H13Cl2NO. The summed E-state index contributed by atoms with van der Waals surface area (Å²) in [5.74, 6) is 0. The van der Waals surface area contributed by atoms with Crippen molar-refractivity contribution >= 4 is 23.2 Å². The fourth-order valence-electron chi connectivity index (χ4n) is 1.69. The van der Waals surface area contributed by atoms with Gasteiger partial charge in [-0.25, -0.2) is 0 Å². The highest BCUT2D eigenvalue weighted by atomic mass is 35.5. The highest BCUT2D eigenvalue weighted by Gasteiger charge is 2.14. The Morgan fingerprint density at radius 1 is 1.11 bits per heavy atom. The minimum atomic E-state index is -0.173. The van der Waals surface area contributed by atoms with Crippen LogP contribution in [0.2, 0.25) is 10.0 Å². The van der Waals surface area contributed by atoms with Crippen LogP contribution in [-0.4, -0.2) is 4.98 Å². The lowest BCUT2D eigenvalue weighted by Gasteiger charge is -2.16. The fraction of sp³-hybridized carbons (Fsp3) is 0.214. The van der Waals surface area contributed by atoms with Crippen molar-refractivity contribution in [2.24, 2.45) is 0 Å². The van der Waals surface area contributed by atoms with Gasteiger partial charge in [0.05, 0.1) is 22.8 Å². The molecule has 0 saturated carbocycles. The Hall–Kier alpha value is -1.09. The molecule has 0 saturated heterocycles. The summed E-state index contributed by atoms with van der Waals surface area (Å²) in [5.41, 5.74) is 1.90. The number of halogens is 2. The van der Waals surface area contributed by atoms with E-state index in [1.807, 2.05) is 37.3 Å². The first-order chi connectivity index (χ1) is 8.68. The predicted octanol–water partition coefficient (Wildman–Crippen LogP) is 4.67. The molecule has 0 N–H and O–H groups in total. The van der Waals surface area contributed by atoms with Crippen molar-refractivity contribution in [2.75, 3.05) is 0 Å². The van der Waals surface area contributed by atoms with Crippen molar-refractivity contribution < 1.29 is 4.74 Å². The van der Waals surface area contributed by atoms with Crippen molar-refractivity contribution in [1.29, 1.82) is 0 Å². The number of ether oxygens (including phenoxy) is 1. The van der Waals surface area contributed by atoms with Crippen LogP contribution in [0.5, 0.6) is 0 Å². The highest BCUT2D eigenvalue weighted by molar-refractivity contribution is 6.35. The molecule has 0 aliphatic rings. The third-order valence-corrected chi connectivity index (χ3v) is 3.24. The van der Waals surface area contributed by atoms with E-state index in [9.17, 15) is 0 Å². The molecule has 0 fully saturated rings. The Morgan fingerprint density at radius 3 is 2.33 bits per heavy atom. The van der Waals surface area contributed by atoms with Gasteiger partial charge in [0.1, 0.15) is 0 Å². The quantitative estimate of drug-likeness (QED) is 0.813. The Labute approximate surface area is 117 Å². The van der Waals surface area contributed by atoms with Crippen molar-refractivity contribution in [3.05, 3.63) is 63.9 Å². The van der Waals surface area contributed by atoms with Crippen molar-refractivity contribution in [3.63, 3.8) is 0 Å². The molecule has 2 rings (SSSR count). The van der Waals surface area contributed by atoms with Crippen LogP contribution in [0, 0.1) is 0 Å². The van der Waals surface area contributed by atoms with Gasteiger partial charge in [-0.2, -0.15) is 0 Å². The zero-order valence-corrected chi connectivity index (χ0v) is 11.4. The van der Waals surface area contributed by atoms with E-state index in [4.69, 9.17) is 27.9 Å². The summed E-state index contributed by atoms with van der Waals surface area (Å²) >= 11 is 12.2.